The van der Waals surface area contributed by atoms with Gasteiger partial charge in [0.1, 0.15) is 12.1 Å². The van der Waals surface area contributed by atoms with Crippen LogP contribution in [0, 0.1) is 32.4 Å². The lowest BCUT2D eigenvalue weighted by Gasteiger charge is -2.12. The van der Waals surface area contributed by atoms with Crippen LogP contribution in [0.4, 0.5) is 14.6 Å². The molecule has 0 amide bonds. The summed E-state index contributed by atoms with van der Waals surface area (Å²) in [5, 5.41) is 12.8. The van der Waals surface area contributed by atoms with E-state index in [1.807, 2.05) is 50.2 Å². The molecule has 0 unspecified atom stereocenters. The third kappa shape index (κ3) is 5.36. The molecule has 0 bridgehead atoms. The quantitative estimate of drug-likeness (QED) is 0.237. The molecule has 3 aromatic heterocycles. The second kappa shape index (κ2) is 10.6. The first-order valence-electron chi connectivity index (χ1n) is 12.5. The predicted molar refractivity (Wildman–Crippen MR) is 143 cm³/mol. The number of aryl methyl sites for hydroxylation is 4. The highest BCUT2D eigenvalue weighted by molar-refractivity contribution is 5.85. The van der Waals surface area contributed by atoms with Gasteiger partial charge < -0.3 is 19.4 Å². The SMILES string of the molecule is Cc1nc(CCC(=O)O)oc1-c1ccc(-c2cc(NCCn3c(C)cc4c(C)cc(F)c(F)c43)ncn2)cc1. The van der Waals surface area contributed by atoms with Crippen LogP contribution in [0.25, 0.3) is 33.5 Å². The summed E-state index contributed by atoms with van der Waals surface area (Å²) >= 11 is 0. The third-order valence-corrected chi connectivity index (χ3v) is 6.63. The number of fused-ring (bicyclic) bond motifs is 1. The summed E-state index contributed by atoms with van der Waals surface area (Å²) in [6.45, 7) is 6.34. The van der Waals surface area contributed by atoms with Crippen molar-refractivity contribution in [1.82, 2.24) is 19.5 Å². The van der Waals surface area contributed by atoms with E-state index >= 15 is 0 Å². The van der Waals surface area contributed by atoms with Crippen LogP contribution in [0.3, 0.4) is 0 Å². The minimum atomic E-state index is -0.900. The number of benzene rings is 2. The van der Waals surface area contributed by atoms with E-state index in [1.165, 1.54) is 12.4 Å². The molecule has 0 radical (unpaired) electrons. The Balaban J connectivity index is 1.28. The predicted octanol–water partition coefficient (Wildman–Crippen LogP) is 6.09. The van der Waals surface area contributed by atoms with E-state index in [9.17, 15) is 13.6 Å². The lowest BCUT2D eigenvalue weighted by Crippen LogP contribution is -2.13. The minimum absolute atomic E-state index is 0.0425. The van der Waals surface area contributed by atoms with Crippen molar-refractivity contribution in [3.8, 4) is 22.6 Å². The molecule has 2 aromatic carbocycles. The summed E-state index contributed by atoms with van der Waals surface area (Å²) in [7, 11) is 0. The number of nitrogens with one attached hydrogen (secondary N) is 1. The van der Waals surface area contributed by atoms with E-state index < -0.39 is 17.6 Å². The van der Waals surface area contributed by atoms with E-state index in [0.717, 1.165) is 16.8 Å². The summed E-state index contributed by atoms with van der Waals surface area (Å²) < 4.78 is 36.2. The molecule has 0 aliphatic heterocycles. The van der Waals surface area contributed by atoms with Crippen LogP contribution in [0.15, 0.2) is 53.2 Å². The largest absolute Gasteiger partial charge is 0.481 e. The van der Waals surface area contributed by atoms with Gasteiger partial charge in [-0.25, -0.2) is 23.7 Å². The number of oxazole rings is 1. The van der Waals surface area contributed by atoms with Gasteiger partial charge in [0.25, 0.3) is 0 Å². The molecule has 0 fully saturated rings. The van der Waals surface area contributed by atoms with Crippen molar-refractivity contribution < 1.29 is 23.1 Å². The second-order valence-corrected chi connectivity index (χ2v) is 9.40. The first kappa shape index (κ1) is 26.0. The van der Waals surface area contributed by atoms with Gasteiger partial charge in [0.15, 0.2) is 23.3 Å². The number of anilines is 1. The van der Waals surface area contributed by atoms with Crippen LogP contribution in [0.1, 0.15) is 29.3 Å². The van der Waals surface area contributed by atoms with Gasteiger partial charge in [-0.3, -0.25) is 4.79 Å². The summed E-state index contributed by atoms with van der Waals surface area (Å²) in [5.74, 6) is -0.986. The maximum absolute atomic E-state index is 14.6. The van der Waals surface area contributed by atoms with Crippen LogP contribution in [-0.4, -0.2) is 37.1 Å². The number of carboxylic acids is 1. The fraction of sp³-hybridized carbons (Fsp3) is 0.241. The Morgan fingerprint density at radius 2 is 1.79 bits per heavy atom. The summed E-state index contributed by atoms with van der Waals surface area (Å²) in [6, 6.07) is 12.5. The normalized spacial score (nSPS) is 11.3. The lowest BCUT2D eigenvalue weighted by molar-refractivity contribution is -0.137. The fourth-order valence-corrected chi connectivity index (χ4v) is 4.69. The molecule has 0 saturated heterocycles. The number of aromatic nitrogens is 4. The molecule has 39 heavy (non-hydrogen) atoms. The van der Waals surface area contributed by atoms with Gasteiger partial charge in [0.2, 0.25) is 0 Å². The van der Waals surface area contributed by atoms with E-state index in [1.54, 1.807) is 11.5 Å². The van der Waals surface area contributed by atoms with Gasteiger partial charge in [-0.2, -0.15) is 0 Å². The van der Waals surface area contributed by atoms with E-state index in [-0.39, 0.29) is 18.4 Å². The molecule has 10 heteroatoms. The maximum atomic E-state index is 14.6. The molecule has 5 rings (SSSR count). The molecule has 0 atom stereocenters. The second-order valence-electron chi connectivity index (χ2n) is 9.40. The minimum Gasteiger partial charge on any atom is -0.481 e. The van der Waals surface area contributed by atoms with Crippen LogP contribution >= 0.6 is 0 Å². The van der Waals surface area contributed by atoms with Crippen molar-refractivity contribution in [2.45, 2.75) is 40.2 Å². The molecule has 0 aliphatic rings. The number of carbonyl (C=O) groups is 1. The third-order valence-electron chi connectivity index (χ3n) is 6.63. The van der Waals surface area contributed by atoms with Gasteiger partial charge in [0.05, 0.1) is 23.3 Å². The van der Waals surface area contributed by atoms with E-state index in [2.05, 4.69) is 20.3 Å². The Kier molecular flexibility index (Phi) is 7.10. The van der Waals surface area contributed by atoms with E-state index in [0.29, 0.717) is 52.9 Å². The zero-order chi connectivity index (χ0) is 27.7. The molecule has 5 aromatic rings. The molecule has 0 aliphatic carbocycles. The number of hydrogen-bond donors (Lipinski definition) is 2. The fourth-order valence-electron chi connectivity index (χ4n) is 4.69. The molecule has 200 valence electrons. The monoisotopic (exact) mass is 531 g/mol. The highest BCUT2D eigenvalue weighted by atomic mass is 19.2. The van der Waals surface area contributed by atoms with Crippen LogP contribution in [0.2, 0.25) is 0 Å². The number of carboxylic acid groups (broad SMARTS) is 1. The van der Waals surface area contributed by atoms with Crippen molar-refractivity contribution in [2.75, 3.05) is 11.9 Å². The zero-order valence-electron chi connectivity index (χ0n) is 21.8. The molecule has 0 spiro atoms. The van der Waals surface area contributed by atoms with Gasteiger partial charge in [-0.15, -0.1) is 0 Å². The Bertz CT molecular complexity index is 1680. The van der Waals surface area contributed by atoms with Gasteiger partial charge in [0, 0.05) is 47.8 Å². The molecule has 0 saturated carbocycles. The highest BCUT2D eigenvalue weighted by Crippen LogP contribution is 2.29. The number of hydrogen-bond acceptors (Lipinski definition) is 6. The Morgan fingerprint density at radius 3 is 2.54 bits per heavy atom. The van der Waals surface area contributed by atoms with Crippen molar-refractivity contribution in [2.24, 2.45) is 0 Å². The zero-order valence-corrected chi connectivity index (χ0v) is 21.8. The average molecular weight is 532 g/mol. The van der Waals surface area contributed by atoms with E-state index in [4.69, 9.17) is 9.52 Å². The highest BCUT2D eigenvalue weighted by Gasteiger charge is 2.17. The average Bonchev–Trinajstić information content (AvgIpc) is 3.46. The summed E-state index contributed by atoms with van der Waals surface area (Å²) in [6.07, 6.45) is 1.66. The van der Waals surface area contributed by atoms with Crippen molar-refractivity contribution in [3.05, 3.63) is 83.3 Å². The molecule has 8 nitrogen and oxygen atoms in total. The molecular weight excluding hydrogens is 504 g/mol. The van der Waals surface area contributed by atoms with Crippen LogP contribution in [-0.2, 0) is 17.8 Å². The topological polar surface area (TPSA) is 106 Å². The smallest absolute Gasteiger partial charge is 0.303 e. The van der Waals surface area contributed by atoms with Gasteiger partial charge in [-0.05, 0) is 38.5 Å². The molecule has 2 N–H and O–H groups in total. The first-order chi connectivity index (χ1) is 18.7. The standard InChI is InChI=1S/C29H27F2N5O3/c1-16-12-22(30)27(31)28-21(16)13-17(2)36(28)11-10-32-24-14-23(33-15-34-24)19-4-6-20(7-5-19)29-18(3)35-25(39-29)8-9-26(37)38/h4-7,12-15H,8-11H2,1-3H3,(H,37,38)(H,32,33,34). The number of rotatable bonds is 9. The number of aliphatic carboxylic acids is 1. The van der Waals surface area contributed by atoms with Crippen molar-refractivity contribution in [1.29, 1.82) is 0 Å². The van der Waals surface area contributed by atoms with Crippen LogP contribution in [0.5, 0.6) is 0 Å². The summed E-state index contributed by atoms with van der Waals surface area (Å²) in [5.41, 5.74) is 4.91. The van der Waals surface area contributed by atoms with Crippen molar-refractivity contribution >= 4 is 22.7 Å². The molecule has 3 heterocycles. The Hall–Kier alpha value is -4.60. The summed E-state index contributed by atoms with van der Waals surface area (Å²) in [4.78, 5) is 23.8. The van der Waals surface area contributed by atoms with Crippen molar-refractivity contribution in [3.63, 3.8) is 0 Å². The first-order valence-corrected chi connectivity index (χ1v) is 12.5. The number of halogens is 2. The maximum Gasteiger partial charge on any atom is 0.303 e. The van der Waals surface area contributed by atoms with Crippen LogP contribution < -0.4 is 5.32 Å². The Labute approximate surface area is 223 Å². The van der Waals surface area contributed by atoms with Gasteiger partial charge >= 0.3 is 5.97 Å². The Morgan fingerprint density at radius 1 is 1.05 bits per heavy atom. The number of nitrogens with zero attached hydrogens (tertiary/aromatic N) is 4. The lowest BCUT2D eigenvalue weighted by atomic mass is 10.1. The van der Waals surface area contributed by atoms with Gasteiger partial charge in [-0.1, -0.05) is 24.3 Å². The molecular formula is C29H27F2N5O3.